The molecular weight excluding hydrogens is 340 g/mol. The Morgan fingerprint density at radius 1 is 0.963 bits per heavy atom. The molecule has 0 saturated carbocycles. The number of benzene rings is 2. The minimum atomic E-state index is -0.188. The molecule has 142 valence electrons. The first-order chi connectivity index (χ1) is 13.2. The highest BCUT2D eigenvalue weighted by atomic mass is 16.2. The molecule has 1 aliphatic rings. The van der Waals surface area contributed by atoms with Crippen LogP contribution in [0.25, 0.3) is 0 Å². The molecule has 3 rings (SSSR count). The van der Waals surface area contributed by atoms with E-state index in [1.54, 1.807) is 25.2 Å². The van der Waals surface area contributed by atoms with E-state index in [0.29, 0.717) is 11.3 Å². The smallest absolute Gasteiger partial charge is 0.253 e. The fourth-order valence-electron chi connectivity index (χ4n) is 3.26. The second-order valence-corrected chi connectivity index (χ2v) is 6.62. The van der Waals surface area contributed by atoms with Gasteiger partial charge in [0.2, 0.25) is 5.91 Å². The molecule has 0 aliphatic carbocycles. The zero-order valence-corrected chi connectivity index (χ0v) is 15.6. The van der Waals surface area contributed by atoms with Gasteiger partial charge in [0.1, 0.15) is 0 Å². The molecule has 0 unspecified atom stereocenters. The zero-order valence-electron chi connectivity index (χ0n) is 15.6. The van der Waals surface area contributed by atoms with E-state index in [4.69, 9.17) is 0 Å². The van der Waals surface area contributed by atoms with Gasteiger partial charge in [0.25, 0.3) is 5.91 Å². The van der Waals surface area contributed by atoms with Crippen molar-refractivity contribution < 1.29 is 9.59 Å². The molecule has 6 heteroatoms. The summed E-state index contributed by atoms with van der Waals surface area (Å²) in [4.78, 5) is 26.5. The summed E-state index contributed by atoms with van der Waals surface area (Å²) in [6, 6.07) is 15.1. The van der Waals surface area contributed by atoms with Crippen molar-refractivity contribution in [2.75, 3.05) is 42.2 Å². The molecule has 1 fully saturated rings. The van der Waals surface area contributed by atoms with Crippen LogP contribution >= 0.6 is 0 Å². The predicted molar refractivity (Wildman–Crippen MR) is 109 cm³/mol. The Labute approximate surface area is 159 Å². The first-order valence-corrected chi connectivity index (χ1v) is 9.37. The topological polar surface area (TPSA) is 73.5 Å². The Morgan fingerprint density at radius 3 is 2.37 bits per heavy atom. The molecule has 3 N–H and O–H groups in total. The van der Waals surface area contributed by atoms with Gasteiger partial charge < -0.3 is 20.9 Å². The minimum absolute atomic E-state index is 0.0852. The van der Waals surface area contributed by atoms with Gasteiger partial charge in [-0.1, -0.05) is 12.1 Å². The lowest BCUT2D eigenvalue weighted by Crippen LogP contribution is -2.29. The van der Waals surface area contributed by atoms with Gasteiger partial charge in [-0.2, -0.15) is 0 Å². The van der Waals surface area contributed by atoms with Gasteiger partial charge >= 0.3 is 0 Å². The van der Waals surface area contributed by atoms with Crippen molar-refractivity contribution in [1.82, 2.24) is 5.32 Å². The van der Waals surface area contributed by atoms with Crippen LogP contribution in [0.5, 0.6) is 0 Å². The number of carbonyl (C=O) groups is 2. The molecular formula is C21H26N4O2. The lowest BCUT2D eigenvalue weighted by Gasteiger charge is -2.28. The van der Waals surface area contributed by atoms with Gasteiger partial charge in [0.05, 0.1) is 12.1 Å². The summed E-state index contributed by atoms with van der Waals surface area (Å²) in [6.45, 7) is 2.28. The van der Waals surface area contributed by atoms with Gasteiger partial charge in [-0.3, -0.25) is 9.59 Å². The number of anilines is 3. The van der Waals surface area contributed by atoms with Crippen LogP contribution in [0.15, 0.2) is 48.5 Å². The molecule has 0 aromatic heterocycles. The molecule has 2 amide bonds. The molecule has 6 nitrogen and oxygen atoms in total. The summed E-state index contributed by atoms with van der Waals surface area (Å²) in [5.74, 6) is -0.348. The molecule has 2 aromatic rings. The standard InChI is InChI=1S/C21H26N4O2/c1-22-21(27)18-7-3-4-8-19(18)23-15-20(26)24-16-9-11-17(12-10-16)25-13-5-2-6-14-25/h3-4,7-12,23H,2,5-6,13-15H2,1H3,(H,22,27)(H,24,26). The van der Waals surface area contributed by atoms with Crippen LogP contribution in [-0.2, 0) is 4.79 Å². The summed E-state index contributed by atoms with van der Waals surface area (Å²) >= 11 is 0. The Hall–Kier alpha value is -3.02. The van der Waals surface area contributed by atoms with E-state index in [-0.39, 0.29) is 18.4 Å². The Balaban J connectivity index is 1.54. The molecule has 0 spiro atoms. The van der Waals surface area contributed by atoms with Crippen molar-refractivity contribution in [3.05, 3.63) is 54.1 Å². The largest absolute Gasteiger partial charge is 0.376 e. The van der Waals surface area contributed by atoms with Gasteiger partial charge in [-0.25, -0.2) is 0 Å². The maximum atomic E-state index is 12.2. The Bertz CT molecular complexity index is 783. The molecule has 27 heavy (non-hydrogen) atoms. The Kier molecular flexibility index (Phi) is 6.30. The maximum absolute atomic E-state index is 12.2. The molecule has 0 bridgehead atoms. The third-order valence-corrected chi connectivity index (χ3v) is 4.71. The first kappa shape index (κ1) is 18.8. The van der Waals surface area contributed by atoms with Crippen molar-refractivity contribution in [1.29, 1.82) is 0 Å². The molecule has 0 radical (unpaired) electrons. The van der Waals surface area contributed by atoms with Crippen LogP contribution in [0.4, 0.5) is 17.1 Å². The summed E-state index contributed by atoms with van der Waals surface area (Å²) in [6.07, 6.45) is 3.78. The third kappa shape index (κ3) is 5.00. The van der Waals surface area contributed by atoms with E-state index >= 15 is 0 Å². The van der Waals surface area contributed by atoms with Crippen LogP contribution in [0, 0.1) is 0 Å². The highest BCUT2D eigenvalue weighted by Crippen LogP contribution is 2.22. The first-order valence-electron chi connectivity index (χ1n) is 9.37. The SMILES string of the molecule is CNC(=O)c1ccccc1NCC(=O)Nc1ccc(N2CCCCC2)cc1. The number of carbonyl (C=O) groups excluding carboxylic acids is 2. The third-order valence-electron chi connectivity index (χ3n) is 4.71. The van der Waals surface area contributed by atoms with Crippen LogP contribution in [-0.4, -0.2) is 38.5 Å². The van der Waals surface area contributed by atoms with Crippen molar-refractivity contribution in [3.63, 3.8) is 0 Å². The average molecular weight is 366 g/mol. The van der Waals surface area contributed by atoms with Crippen LogP contribution in [0.1, 0.15) is 29.6 Å². The van der Waals surface area contributed by atoms with Crippen LogP contribution in [0.3, 0.4) is 0 Å². The zero-order chi connectivity index (χ0) is 19.1. The fourth-order valence-corrected chi connectivity index (χ4v) is 3.26. The van der Waals surface area contributed by atoms with E-state index in [1.807, 2.05) is 18.2 Å². The predicted octanol–water partition coefficient (Wildman–Crippen LogP) is 3.09. The quantitative estimate of drug-likeness (QED) is 0.735. The van der Waals surface area contributed by atoms with Crippen LogP contribution < -0.4 is 20.9 Å². The summed E-state index contributed by atoms with van der Waals surface area (Å²) in [7, 11) is 1.58. The second kappa shape index (κ2) is 9.07. The molecule has 0 atom stereocenters. The molecule has 2 aromatic carbocycles. The number of piperidine rings is 1. The maximum Gasteiger partial charge on any atom is 0.253 e. The molecule has 1 heterocycles. The monoisotopic (exact) mass is 366 g/mol. The van der Waals surface area contributed by atoms with E-state index in [9.17, 15) is 9.59 Å². The number of nitrogens with one attached hydrogen (secondary N) is 3. The average Bonchev–Trinajstić information content (AvgIpc) is 2.73. The second-order valence-electron chi connectivity index (χ2n) is 6.62. The lowest BCUT2D eigenvalue weighted by molar-refractivity contribution is -0.114. The highest BCUT2D eigenvalue weighted by molar-refractivity contribution is 6.00. The summed E-state index contributed by atoms with van der Waals surface area (Å²) < 4.78 is 0. The number of hydrogen-bond donors (Lipinski definition) is 3. The van der Waals surface area contributed by atoms with Gasteiger partial charge in [0.15, 0.2) is 0 Å². The van der Waals surface area contributed by atoms with Crippen molar-refractivity contribution in [2.24, 2.45) is 0 Å². The Morgan fingerprint density at radius 2 is 1.67 bits per heavy atom. The van der Waals surface area contributed by atoms with Gasteiger partial charge in [-0.05, 0) is 55.7 Å². The number of nitrogens with zero attached hydrogens (tertiary/aromatic N) is 1. The van der Waals surface area contributed by atoms with E-state index in [2.05, 4.69) is 33.0 Å². The molecule has 1 saturated heterocycles. The van der Waals surface area contributed by atoms with Gasteiger partial charge in [0, 0.05) is 37.2 Å². The summed E-state index contributed by atoms with van der Waals surface area (Å²) in [5.41, 5.74) is 3.11. The van der Waals surface area contributed by atoms with E-state index < -0.39 is 0 Å². The summed E-state index contributed by atoms with van der Waals surface area (Å²) in [5, 5.41) is 8.51. The van der Waals surface area contributed by atoms with Crippen LogP contribution in [0.2, 0.25) is 0 Å². The van der Waals surface area contributed by atoms with Gasteiger partial charge in [-0.15, -0.1) is 0 Å². The highest BCUT2D eigenvalue weighted by Gasteiger charge is 2.12. The fraction of sp³-hybridized carbons (Fsp3) is 0.333. The number of hydrogen-bond acceptors (Lipinski definition) is 4. The van der Waals surface area contributed by atoms with Crippen molar-refractivity contribution >= 4 is 28.9 Å². The lowest BCUT2D eigenvalue weighted by atomic mass is 10.1. The minimum Gasteiger partial charge on any atom is -0.376 e. The normalized spacial score (nSPS) is 13.7. The number of amides is 2. The van der Waals surface area contributed by atoms with Crippen molar-refractivity contribution in [2.45, 2.75) is 19.3 Å². The van der Waals surface area contributed by atoms with Crippen molar-refractivity contribution in [3.8, 4) is 0 Å². The number of para-hydroxylation sites is 1. The van der Waals surface area contributed by atoms with E-state index in [1.165, 1.54) is 24.9 Å². The van der Waals surface area contributed by atoms with E-state index in [0.717, 1.165) is 18.8 Å². The molecule has 1 aliphatic heterocycles. The number of rotatable bonds is 6.